The highest BCUT2D eigenvalue weighted by atomic mass is 15.3. The van der Waals surface area contributed by atoms with E-state index in [9.17, 15) is 0 Å². The molecule has 0 unspecified atom stereocenters. The standard InChI is InChI=1S/C8H12N4/c1-4-7-10-8(6-9-3)12(5-2)11-7/h5-6H,2,4H2,1,3H3. The minimum Gasteiger partial charge on any atom is -0.293 e. The second-order valence-electron chi connectivity index (χ2n) is 2.25. The summed E-state index contributed by atoms with van der Waals surface area (Å²) in [4.78, 5) is 8.09. The molecule has 0 saturated carbocycles. The van der Waals surface area contributed by atoms with Gasteiger partial charge in [0.15, 0.2) is 11.6 Å². The van der Waals surface area contributed by atoms with Crippen LogP contribution in [-0.2, 0) is 6.42 Å². The average Bonchev–Trinajstić information content (AvgIpc) is 2.48. The normalized spacial score (nSPS) is 10.8. The molecule has 0 aliphatic rings. The molecule has 0 radical (unpaired) electrons. The van der Waals surface area contributed by atoms with E-state index < -0.39 is 0 Å². The van der Waals surface area contributed by atoms with Crippen LogP contribution in [0.1, 0.15) is 18.6 Å². The predicted octanol–water partition coefficient (Wildman–Crippen LogP) is 0.990. The molecule has 1 rings (SSSR count). The zero-order valence-corrected chi connectivity index (χ0v) is 7.36. The van der Waals surface area contributed by atoms with Gasteiger partial charge < -0.3 is 0 Å². The third-order valence-electron chi connectivity index (χ3n) is 1.44. The summed E-state index contributed by atoms with van der Waals surface area (Å²) in [5, 5.41) is 4.16. The van der Waals surface area contributed by atoms with Crippen molar-refractivity contribution in [3.05, 3.63) is 18.2 Å². The second-order valence-corrected chi connectivity index (χ2v) is 2.25. The van der Waals surface area contributed by atoms with E-state index in [-0.39, 0.29) is 0 Å². The lowest BCUT2D eigenvalue weighted by Gasteiger charge is -1.89. The van der Waals surface area contributed by atoms with Gasteiger partial charge in [0.2, 0.25) is 0 Å². The maximum Gasteiger partial charge on any atom is 0.173 e. The van der Waals surface area contributed by atoms with Gasteiger partial charge in [0, 0.05) is 19.7 Å². The fourth-order valence-electron chi connectivity index (χ4n) is 0.869. The molecule has 1 aromatic rings. The van der Waals surface area contributed by atoms with Crippen LogP contribution in [0, 0.1) is 0 Å². The molecule has 0 amide bonds. The van der Waals surface area contributed by atoms with Crippen molar-refractivity contribution in [3.63, 3.8) is 0 Å². The molecular formula is C8H12N4. The summed E-state index contributed by atoms with van der Waals surface area (Å²) in [5.41, 5.74) is 0. The molecule has 0 aromatic carbocycles. The second kappa shape index (κ2) is 3.80. The topological polar surface area (TPSA) is 43.1 Å². The molecule has 64 valence electrons. The highest BCUT2D eigenvalue weighted by molar-refractivity contribution is 5.75. The van der Waals surface area contributed by atoms with Crippen molar-refractivity contribution in [2.75, 3.05) is 7.05 Å². The van der Waals surface area contributed by atoms with Gasteiger partial charge in [-0.3, -0.25) is 4.99 Å². The molecule has 4 heteroatoms. The Bertz CT molecular complexity index is 298. The summed E-state index contributed by atoms with van der Waals surface area (Å²) in [7, 11) is 1.70. The maximum absolute atomic E-state index is 4.22. The molecule has 0 aliphatic heterocycles. The summed E-state index contributed by atoms with van der Waals surface area (Å²) in [6.45, 7) is 5.63. The van der Waals surface area contributed by atoms with E-state index in [1.807, 2.05) is 6.92 Å². The first-order valence-corrected chi connectivity index (χ1v) is 3.82. The quantitative estimate of drug-likeness (QED) is 0.625. The fourth-order valence-corrected chi connectivity index (χ4v) is 0.869. The first-order chi connectivity index (χ1) is 5.81. The summed E-state index contributed by atoms with van der Waals surface area (Å²) in [6.07, 6.45) is 4.10. The van der Waals surface area contributed by atoms with Crippen LogP contribution in [0.4, 0.5) is 0 Å². The van der Waals surface area contributed by atoms with Crippen LogP contribution >= 0.6 is 0 Å². The van der Waals surface area contributed by atoms with E-state index in [2.05, 4.69) is 21.7 Å². The van der Waals surface area contributed by atoms with Crippen molar-refractivity contribution >= 4 is 12.4 Å². The lowest BCUT2D eigenvalue weighted by Crippen LogP contribution is -1.95. The number of hydrogen-bond donors (Lipinski definition) is 0. The van der Waals surface area contributed by atoms with Crippen LogP contribution in [0.15, 0.2) is 11.6 Å². The number of aliphatic imine (C=N–C) groups is 1. The van der Waals surface area contributed by atoms with Gasteiger partial charge in [0.1, 0.15) is 0 Å². The van der Waals surface area contributed by atoms with E-state index in [4.69, 9.17) is 0 Å². The molecule has 1 aromatic heterocycles. The molecule has 4 nitrogen and oxygen atoms in total. The minimum absolute atomic E-state index is 0.726. The minimum atomic E-state index is 0.726. The van der Waals surface area contributed by atoms with Crippen LogP contribution in [-0.4, -0.2) is 28.0 Å². The van der Waals surface area contributed by atoms with Crippen molar-refractivity contribution in [2.24, 2.45) is 4.99 Å². The Labute approximate surface area is 71.7 Å². The van der Waals surface area contributed by atoms with Crippen molar-refractivity contribution in [3.8, 4) is 0 Å². The van der Waals surface area contributed by atoms with Crippen molar-refractivity contribution in [2.45, 2.75) is 13.3 Å². The Hall–Kier alpha value is -1.45. The Morgan fingerprint density at radius 1 is 1.67 bits per heavy atom. The largest absolute Gasteiger partial charge is 0.293 e. The first-order valence-electron chi connectivity index (χ1n) is 3.82. The molecular weight excluding hydrogens is 152 g/mol. The molecule has 0 saturated heterocycles. The van der Waals surface area contributed by atoms with E-state index in [1.165, 1.54) is 0 Å². The molecule has 0 bridgehead atoms. The molecule has 1 heterocycles. The van der Waals surface area contributed by atoms with Gasteiger partial charge in [-0.25, -0.2) is 9.67 Å². The fraction of sp³-hybridized carbons (Fsp3) is 0.375. The van der Waals surface area contributed by atoms with Crippen molar-refractivity contribution < 1.29 is 0 Å². The van der Waals surface area contributed by atoms with E-state index in [0.29, 0.717) is 0 Å². The van der Waals surface area contributed by atoms with Gasteiger partial charge in [-0.1, -0.05) is 13.5 Å². The van der Waals surface area contributed by atoms with E-state index >= 15 is 0 Å². The molecule has 0 aliphatic carbocycles. The lowest BCUT2D eigenvalue weighted by atomic mass is 10.5. The highest BCUT2D eigenvalue weighted by Gasteiger charge is 2.02. The lowest BCUT2D eigenvalue weighted by molar-refractivity contribution is 0.875. The Kier molecular flexibility index (Phi) is 2.74. The van der Waals surface area contributed by atoms with Crippen LogP contribution in [0.5, 0.6) is 0 Å². The Morgan fingerprint density at radius 3 is 2.92 bits per heavy atom. The van der Waals surface area contributed by atoms with E-state index in [1.54, 1.807) is 24.1 Å². The number of aryl methyl sites for hydroxylation is 1. The average molecular weight is 164 g/mol. The monoisotopic (exact) mass is 164 g/mol. The molecule has 0 spiro atoms. The van der Waals surface area contributed by atoms with Gasteiger partial charge in [0.25, 0.3) is 0 Å². The molecule has 0 fully saturated rings. The van der Waals surface area contributed by atoms with Crippen LogP contribution < -0.4 is 0 Å². The number of aromatic nitrogens is 3. The number of rotatable bonds is 3. The SMILES string of the molecule is C=Cn1nc(CC)nc1C=NC. The van der Waals surface area contributed by atoms with Crippen LogP contribution in [0.2, 0.25) is 0 Å². The predicted molar refractivity (Wildman–Crippen MR) is 49.3 cm³/mol. The smallest absolute Gasteiger partial charge is 0.173 e. The van der Waals surface area contributed by atoms with Gasteiger partial charge in [-0.05, 0) is 0 Å². The Morgan fingerprint density at radius 2 is 2.42 bits per heavy atom. The number of hydrogen-bond acceptors (Lipinski definition) is 3. The van der Waals surface area contributed by atoms with Gasteiger partial charge >= 0.3 is 0 Å². The summed E-state index contributed by atoms with van der Waals surface area (Å²) in [6, 6.07) is 0. The van der Waals surface area contributed by atoms with Gasteiger partial charge in [-0.15, -0.1) is 0 Å². The zero-order valence-electron chi connectivity index (χ0n) is 7.36. The maximum atomic E-state index is 4.22. The molecule has 0 N–H and O–H groups in total. The zero-order chi connectivity index (χ0) is 8.97. The summed E-state index contributed by atoms with van der Waals surface area (Å²) < 4.78 is 1.62. The Balaban J connectivity index is 3.07. The van der Waals surface area contributed by atoms with Crippen LogP contribution in [0.3, 0.4) is 0 Å². The van der Waals surface area contributed by atoms with Crippen LogP contribution in [0.25, 0.3) is 6.20 Å². The molecule has 12 heavy (non-hydrogen) atoms. The first kappa shape index (κ1) is 8.64. The third kappa shape index (κ3) is 1.58. The summed E-state index contributed by atoms with van der Waals surface area (Å²) in [5.74, 6) is 1.54. The van der Waals surface area contributed by atoms with Gasteiger partial charge in [0.05, 0.1) is 6.21 Å². The van der Waals surface area contributed by atoms with Gasteiger partial charge in [-0.2, -0.15) is 5.10 Å². The van der Waals surface area contributed by atoms with Crippen molar-refractivity contribution in [1.82, 2.24) is 14.8 Å². The third-order valence-corrected chi connectivity index (χ3v) is 1.44. The highest BCUT2D eigenvalue weighted by Crippen LogP contribution is 1.96. The number of nitrogens with zero attached hydrogens (tertiary/aromatic N) is 4. The van der Waals surface area contributed by atoms with E-state index in [0.717, 1.165) is 18.1 Å². The summed E-state index contributed by atoms with van der Waals surface area (Å²) >= 11 is 0. The molecule has 0 atom stereocenters. The van der Waals surface area contributed by atoms with Crippen molar-refractivity contribution in [1.29, 1.82) is 0 Å².